The average Bonchev–Trinajstić information content (AvgIpc) is 3.27. The number of carbonyl (C=O) groups excluding carboxylic acids is 2. The molecule has 0 bridgehead atoms. The van der Waals surface area contributed by atoms with Crippen LogP contribution in [0.4, 0.5) is 0 Å². The number of fused-ring (bicyclic) bond motifs is 1. The number of thiophene rings is 1. The zero-order valence-electron chi connectivity index (χ0n) is 17.5. The molecule has 0 radical (unpaired) electrons. The number of carbonyl (C=O) groups is 2. The highest BCUT2D eigenvalue weighted by Crippen LogP contribution is 2.37. The van der Waals surface area contributed by atoms with E-state index in [9.17, 15) is 9.59 Å². The molecule has 0 saturated carbocycles. The summed E-state index contributed by atoms with van der Waals surface area (Å²) in [7, 11) is 0. The van der Waals surface area contributed by atoms with Gasteiger partial charge in [0.15, 0.2) is 0 Å². The van der Waals surface area contributed by atoms with E-state index in [1.807, 2.05) is 30.0 Å². The molecule has 0 N–H and O–H groups in total. The van der Waals surface area contributed by atoms with Crippen molar-refractivity contribution in [3.63, 3.8) is 0 Å². The summed E-state index contributed by atoms with van der Waals surface area (Å²) in [5, 5.41) is 2.68. The zero-order valence-corrected chi connectivity index (χ0v) is 19.0. The number of rotatable bonds is 6. The molecule has 2 aromatic carbocycles. The van der Waals surface area contributed by atoms with Gasteiger partial charge in [0, 0.05) is 28.6 Å². The monoisotopic (exact) mass is 452 g/mol. The Bertz CT molecular complexity index is 1050. The van der Waals surface area contributed by atoms with Crippen LogP contribution in [0.1, 0.15) is 45.7 Å². The maximum Gasteiger partial charge on any atom is 0.254 e. The number of benzene rings is 2. The third-order valence-corrected chi connectivity index (χ3v) is 6.85. The quantitative estimate of drug-likeness (QED) is 0.500. The van der Waals surface area contributed by atoms with E-state index in [0.717, 1.165) is 18.4 Å². The van der Waals surface area contributed by atoms with Gasteiger partial charge in [-0.3, -0.25) is 9.59 Å². The summed E-state index contributed by atoms with van der Waals surface area (Å²) < 4.78 is 0. The molecule has 1 aliphatic rings. The number of nitrogens with zero attached hydrogens (tertiary/aromatic N) is 2. The predicted molar refractivity (Wildman–Crippen MR) is 126 cm³/mol. The molecule has 0 aliphatic carbocycles. The number of hydrogen-bond donors (Lipinski definition) is 0. The van der Waals surface area contributed by atoms with Crippen LogP contribution >= 0.6 is 22.9 Å². The van der Waals surface area contributed by atoms with Crippen LogP contribution in [0.3, 0.4) is 0 Å². The molecule has 160 valence electrons. The molecule has 2 heterocycles. The van der Waals surface area contributed by atoms with Crippen molar-refractivity contribution >= 4 is 34.8 Å². The molecule has 4 rings (SSSR count). The molecule has 1 unspecified atom stereocenters. The standard InChI is InChI=1S/C25H25ClN2O2S/c1-2-14-27(25(30)19-8-10-20(26)11-9-19)17-23(29)28-15-12-22-21(13-16-31-22)24(28)18-6-4-3-5-7-18/h3-11,13,16,24H,2,12,14-15,17H2,1H3. The van der Waals surface area contributed by atoms with Crippen LogP contribution in [0, 0.1) is 0 Å². The Morgan fingerprint density at radius 2 is 1.84 bits per heavy atom. The highest BCUT2D eigenvalue weighted by molar-refractivity contribution is 7.10. The van der Waals surface area contributed by atoms with E-state index in [1.54, 1.807) is 40.5 Å². The fourth-order valence-electron chi connectivity index (χ4n) is 4.13. The van der Waals surface area contributed by atoms with Crippen molar-refractivity contribution in [2.24, 2.45) is 0 Å². The molecule has 0 spiro atoms. The smallest absolute Gasteiger partial charge is 0.254 e. The summed E-state index contributed by atoms with van der Waals surface area (Å²) in [6.45, 7) is 3.26. The lowest BCUT2D eigenvalue weighted by atomic mass is 9.93. The lowest BCUT2D eigenvalue weighted by Crippen LogP contribution is -2.47. The Morgan fingerprint density at radius 3 is 2.55 bits per heavy atom. The van der Waals surface area contributed by atoms with Crippen molar-refractivity contribution in [1.29, 1.82) is 0 Å². The SMILES string of the molecule is CCCN(CC(=O)N1CCc2sccc2C1c1ccccc1)C(=O)c1ccc(Cl)cc1. The summed E-state index contributed by atoms with van der Waals surface area (Å²) in [6.07, 6.45) is 1.63. The van der Waals surface area contributed by atoms with Crippen LogP contribution in [0.5, 0.6) is 0 Å². The van der Waals surface area contributed by atoms with Crippen molar-refractivity contribution in [2.45, 2.75) is 25.8 Å². The van der Waals surface area contributed by atoms with Gasteiger partial charge in [0.1, 0.15) is 6.54 Å². The topological polar surface area (TPSA) is 40.6 Å². The Kier molecular flexibility index (Phi) is 6.73. The molecular formula is C25H25ClN2O2S. The second kappa shape index (κ2) is 9.67. The lowest BCUT2D eigenvalue weighted by molar-refractivity contribution is -0.134. The van der Waals surface area contributed by atoms with Crippen LogP contribution in [0.2, 0.25) is 5.02 Å². The maximum absolute atomic E-state index is 13.5. The second-order valence-corrected chi connectivity index (χ2v) is 9.12. The van der Waals surface area contributed by atoms with Crippen LogP contribution < -0.4 is 0 Å². The van der Waals surface area contributed by atoms with Gasteiger partial charge in [-0.25, -0.2) is 0 Å². The van der Waals surface area contributed by atoms with E-state index in [2.05, 4.69) is 23.6 Å². The molecule has 1 aliphatic heterocycles. The predicted octanol–water partition coefficient (Wildman–Crippen LogP) is 5.43. The normalized spacial score (nSPS) is 15.4. The largest absolute Gasteiger partial charge is 0.330 e. The molecule has 3 aromatic rings. The van der Waals surface area contributed by atoms with Gasteiger partial charge in [0.25, 0.3) is 5.91 Å². The summed E-state index contributed by atoms with van der Waals surface area (Å²) in [5.74, 6) is -0.169. The molecule has 1 aromatic heterocycles. The fourth-order valence-corrected chi connectivity index (χ4v) is 5.16. The summed E-state index contributed by atoms with van der Waals surface area (Å²) >= 11 is 7.71. The fraction of sp³-hybridized carbons (Fsp3) is 0.280. The highest BCUT2D eigenvalue weighted by atomic mass is 35.5. The number of halogens is 1. The van der Waals surface area contributed by atoms with Crippen molar-refractivity contribution in [2.75, 3.05) is 19.6 Å². The molecule has 6 heteroatoms. The Morgan fingerprint density at radius 1 is 1.10 bits per heavy atom. The highest BCUT2D eigenvalue weighted by Gasteiger charge is 2.33. The molecule has 1 atom stereocenters. The van der Waals surface area contributed by atoms with E-state index >= 15 is 0 Å². The van der Waals surface area contributed by atoms with Crippen LogP contribution in [-0.2, 0) is 11.2 Å². The molecule has 31 heavy (non-hydrogen) atoms. The van der Waals surface area contributed by atoms with E-state index in [4.69, 9.17) is 11.6 Å². The van der Waals surface area contributed by atoms with Crippen LogP contribution in [0.15, 0.2) is 66.0 Å². The minimum Gasteiger partial charge on any atom is -0.330 e. The number of amides is 2. The first-order valence-corrected chi connectivity index (χ1v) is 11.8. The Labute approximate surface area is 192 Å². The summed E-state index contributed by atoms with van der Waals surface area (Å²) in [4.78, 5) is 31.5. The second-order valence-electron chi connectivity index (χ2n) is 7.68. The van der Waals surface area contributed by atoms with Gasteiger partial charge < -0.3 is 9.80 Å². The molecule has 4 nitrogen and oxygen atoms in total. The van der Waals surface area contributed by atoms with Gasteiger partial charge in [0.05, 0.1) is 6.04 Å². The first-order valence-electron chi connectivity index (χ1n) is 10.5. The molecule has 0 saturated heterocycles. The van der Waals surface area contributed by atoms with E-state index < -0.39 is 0 Å². The minimum atomic E-state index is -0.142. The van der Waals surface area contributed by atoms with Gasteiger partial charge in [-0.05, 0) is 59.7 Å². The lowest BCUT2D eigenvalue weighted by Gasteiger charge is -2.37. The van der Waals surface area contributed by atoms with Gasteiger partial charge in [0.2, 0.25) is 5.91 Å². The molecule has 2 amide bonds. The third kappa shape index (κ3) is 4.68. The number of hydrogen-bond acceptors (Lipinski definition) is 3. The van der Waals surface area contributed by atoms with Crippen molar-refractivity contribution < 1.29 is 9.59 Å². The molecule has 0 fully saturated rings. The maximum atomic E-state index is 13.5. The van der Waals surface area contributed by atoms with Gasteiger partial charge in [-0.15, -0.1) is 11.3 Å². The van der Waals surface area contributed by atoms with Crippen molar-refractivity contribution in [1.82, 2.24) is 9.80 Å². The van der Waals surface area contributed by atoms with Gasteiger partial charge in [-0.2, -0.15) is 0 Å². The third-order valence-electron chi connectivity index (χ3n) is 5.60. The van der Waals surface area contributed by atoms with E-state index in [0.29, 0.717) is 23.7 Å². The van der Waals surface area contributed by atoms with Crippen molar-refractivity contribution in [3.05, 3.63) is 92.6 Å². The Balaban J connectivity index is 1.59. The Hall–Kier alpha value is -2.63. The van der Waals surface area contributed by atoms with E-state index in [-0.39, 0.29) is 24.4 Å². The minimum absolute atomic E-state index is 0.0264. The van der Waals surface area contributed by atoms with Crippen molar-refractivity contribution in [3.8, 4) is 0 Å². The van der Waals surface area contributed by atoms with E-state index in [1.165, 1.54) is 10.4 Å². The zero-order chi connectivity index (χ0) is 21.8. The first-order chi connectivity index (χ1) is 15.1. The first kappa shape index (κ1) is 21.6. The summed E-state index contributed by atoms with van der Waals surface area (Å²) in [6, 6.07) is 19.0. The van der Waals surface area contributed by atoms with Gasteiger partial charge >= 0.3 is 0 Å². The van der Waals surface area contributed by atoms with Crippen LogP contribution in [0.25, 0.3) is 0 Å². The van der Waals surface area contributed by atoms with Gasteiger partial charge in [-0.1, -0.05) is 48.9 Å². The molecular weight excluding hydrogens is 428 g/mol. The summed E-state index contributed by atoms with van der Waals surface area (Å²) in [5.41, 5.74) is 2.84. The average molecular weight is 453 g/mol. The van der Waals surface area contributed by atoms with Crippen LogP contribution in [-0.4, -0.2) is 41.2 Å².